The Labute approximate surface area is 93.9 Å². The quantitative estimate of drug-likeness (QED) is 0.880. The summed E-state index contributed by atoms with van der Waals surface area (Å²) < 4.78 is 42.3. The molecule has 1 amide bonds. The molecule has 1 rings (SSSR count). The molecule has 0 fully saturated rings. The number of hydrogen-bond acceptors (Lipinski definition) is 2. The van der Waals surface area contributed by atoms with Gasteiger partial charge in [0.2, 0.25) is 5.91 Å². The average Bonchev–Trinajstić information content (AvgIpc) is 2.15. The van der Waals surface area contributed by atoms with Gasteiger partial charge < -0.3 is 10.5 Å². The van der Waals surface area contributed by atoms with Crippen LogP contribution in [-0.2, 0) is 6.18 Å². The molecule has 0 bridgehead atoms. The molecular weight excluding hydrogens is 247 g/mol. The van der Waals surface area contributed by atoms with Crippen LogP contribution in [0.3, 0.4) is 0 Å². The largest absolute Gasteiger partial charge is 0.495 e. The van der Waals surface area contributed by atoms with E-state index in [0.29, 0.717) is 6.07 Å². The summed E-state index contributed by atoms with van der Waals surface area (Å²) in [6.45, 7) is 0. The highest BCUT2D eigenvalue weighted by molar-refractivity contribution is 6.32. The van der Waals surface area contributed by atoms with Crippen LogP contribution in [0.15, 0.2) is 12.1 Å². The lowest BCUT2D eigenvalue weighted by Crippen LogP contribution is -2.19. The number of hydrogen-bond donors (Lipinski definition) is 1. The lowest BCUT2D eigenvalue weighted by atomic mass is 10.1. The maximum atomic E-state index is 12.6. The summed E-state index contributed by atoms with van der Waals surface area (Å²) in [7, 11) is 1.17. The van der Waals surface area contributed by atoms with Crippen LogP contribution in [-0.4, -0.2) is 13.0 Å². The molecule has 1 aromatic carbocycles. The van der Waals surface area contributed by atoms with Crippen LogP contribution in [0.1, 0.15) is 15.9 Å². The predicted octanol–water partition coefficient (Wildman–Crippen LogP) is 2.47. The first-order valence-corrected chi connectivity index (χ1v) is 4.39. The number of amides is 1. The van der Waals surface area contributed by atoms with Crippen molar-refractivity contribution < 1.29 is 22.7 Å². The van der Waals surface area contributed by atoms with Gasteiger partial charge in [0.05, 0.1) is 23.3 Å². The molecule has 0 unspecified atom stereocenters. The summed E-state index contributed by atoms with van der Waals surface area (Å²) in [4.78, 5) is 10.8. The number of carbonyl (C=O) groups excluding carboxylic acids is 1. The molecule has 1 aromatic rings. The van der Waals surface area contributed by atoms with E-state index in [-0.39, 0.29) is 10.8 Å². The lowest BCUT2D eigenvalue weighted by Gasteiger charge is -2.13. The van der Waals surface area contributed by atoms with Gasteiger partial charge in [-0.05, 0) is 12.1 Å². The minimum atomic E-state index is -4.69. The standard InChI is InChI=1S/C9H7ClF3NO2/c1-16-7-3-5(9(11,12)13)4(8(14)15)2-6(7)10/h2-3H,1H3,(H2,14,15). The fraction of sp³-hybridized carbons (Fsp3) is 0.222. The second-order valence-electron chi connectivity index (χ2n) is 2.89. The first-order chi connectivity index (χ1) is 7.27. The first-order valence-electron chi connectivity index (χ1n) is 4.02. The van der Waals surface area contributed by atoms with Gasteiger partial charge in [-0.25, -0.2) is 0 Å². The van der Waals surface area contributed by atoms with Crippen LogP contribution in [0.2, 0.25) is 5.02 Å². The molecule has 0 saturated carbocycles. The van der Waals surface area contributed by atoms with E-state index < -0.39 is 23.2 Å². The van der Waals surface area contributed by atoms with E-state index in [0.717, 1.165) is 6.07 Å². The normalized spacial score (nSPS) is 11.3. The molecule has 0 aromatic heterocycles. The number of benzene rings is 1. The zero-order valence-corrected chi connectivity index (χ0v) is 8.82. The molecular formula is C9H7ClF3NO2. The number of halogens is 4. The maximum Gasteiger partial charge on any atom is 0.417 e. The number of carbonyl (C=O) groups is 1. The van der Waals surface area contributed by atoms with Gasteiger partial charge in [0.1, 0.15) is 5.75 Å². The number of alkyl halides is 3. The van der Waals surface area contributed by atoms with Crippen LogP contribution >= 0.6 is 11.6 Å². The third-order valence-electron chi connectivity index (χ3n) is 1.86. The molecule has 0 spiro atoms. The minimum absolute atomic E-state index is 0.107. The molecule has 0 atom stereocenters. The summed E-state index contributed by atoms with van der Waals surface area (Å²) in [6.07, 6.45) is -4.69. The Morgan fingerprint density at radius 3 is 2.38 bits per heavy atom. The van der Waals surface area contributed by atoms with E-state index in [1.807, 2.05) is 0 Å². The third kappa shape index (κ3) is 2.38. The van der Waals surface area contributed by atoms with Gasteiger partial charge in [0.25, 0.3) is 0 Å². The monoisotopic (exact) mass is 253 g/mol. The van der Waals surface area contributed by atoms with Crippen molar-refractivity contribution in [1.29, 1.82) is 0 Å². The molecule has 0 heterocycles. The number of nitrogens with two attached hydrogens (primary N) is 1. The van der Waals surface area contributed by atoms with E-state index in [1.54, 1.807) is 0 Å². The maximum absolute atomic E-state index is 12.6. The van der Waals surface area contributed by atoms with Gasteiger partial charge in [-0.2, -0.15) is 13.2 Å². The summed E-state index contributed by atoms with van der Waals surface area (Å²) in [5.41, 5.74) is 2.99. The Morgan fingerprint density at radius 2 is 2.00 bits per heavy atom. The van der Waals surface area contributed by atoms with Gasteiger partial charge in [0.15, 0.2) is 0 Å². The number of rotatable bonds is 2. The number of methoxy groups -OCH3 is 1. The molecule has 0 aliphatic carbocycles. The Hall–Kier alpha value is -1.43. The smallest absolute Gasteiger partial charge is 0.417 e. The summed E-state index contributed by atoms with van der Waals surface area (Å²) in [5, 5.41) is -0.107. The van der Waals surface area contributed by atoms with Crippen LogP contribution in [0, 0.1) is 0 Å². The Balaban J connectivity index is 3.49. The van der Waals surface area contributed by atoms with Crippen LogP contribution < -0.4 is 10.5 Å². The van der Waals surface area contributed by atoms with Crippen molar-refractivity contribution in [2.24, 2.45) is 5.73 Å². The second-order valence-corrected chi connectivity index (χ2v) is 3.30. The first kappa shape index (κ1) is 12.6. The van der Waals surface area contributed by atoms with Crippen molar-refractivity contribution in [2.75, 3.05) is 7.11 Å². The molecule has 88 valence electrons. The van der Waals surface area contributed by atoms with Crippen molar-refractivity contribution in [3.63, 3.8) is 0 Å². The van der Waals surface area contributed by atoms with Crippen molar-refractivity contribution in [1.82, 2.24) is 0 Å². The highest BCUT2D eigenvalue weighted by Crippen LogP contribution is 2.37. The van der Waals surface area contributed by atoms with Crippen molar-refractivity contribution in [3.05, 3.63) is 28.3 Å². The molecule has 16 heavy (non-hydrogen) atoms. The third-order valence-corrected chi connectivity index (χ3v) is 2.16. The minimum Gasteiger partial charge on any atom is -0.495 e. The Morgan fingerprint density at radius 1 is 1.44 bits per heavy atom. The van der Waals surface area contributed by atoms with Crippen molar-refractivity contribution in [3.8, 4) is 5.75 Å². The molecule has 2 N–H and O–H groups in total. The van der Waals surface area contributed by atoms with Crippen LogP contribution in [0.4, 0.5) is 13.2 Å². The van der Waals surface area contributed by atoms with E-state index in [4.69, 9.17) is 17.3 Å². The van der Waals surface area contributed by atoms with Gasteiger partial charge in [-0.1, -0.05) is 11.6 Å². The average molecular weight is 254 g/mol. The predicted molar refractivity (Wildman–Crippen MR) is 51.5 cm³/mol. The zero-order valence-electron chi connectivity index (χ0n) is 8.06. The molecule has 0 radical (unpaired) electrons. The highest BCUT2D eigenvalue weighted by Gasteiger charge is 2.36. The molecule has 0 aliphatic rings. The van der Waals surface area contributed by atoms with Crippen molar-refractivity contribution >= 4 is 17.5 Å². The van der Waals surface area contributed by atoms with Crippen molar-refractivity contribution in [2.45, 2.75) is 6.18 Å². The molecule has 0 aliphatic heterocycles. The second kappa shape index (κ2) is 4.21. The van der Waals surface area contributed by atoms with Gasteiger partial charge >= 0.3 is 6.18 Å². The fourth-order valence-electron chi connectivity index (χ4n) is 1.15. The van der Waals surface area contributed by atoms with Crippen LogP contribution in [0.5, 0.6) is 5.75 Å². The summed E-state index contributed by atoms with van der Waals surface area (Å²) in [6, 6.07) is 1.48. The highest BCUT2D eigenvalue weighted by atomic mass is 35.5. The summed E-state index contributed by atoms with van der Waals surface area (Å²) >= 11 is 5.60. The molecule has 0 saturated heterocycles. The number of primary amides is 1. The Bertz CT molecular complexity index is 431. The topological polar surface area (TPSA) is 52.3 Å². The zero-order chi connectivity index (χ0) is 12.5. The van der Waals surface area contributed by atoms with E-state index in [1.165, 1.54) is 7.11 Å². The van der Waals surface area contributed by atoms with Gasteiger partial charge in [-0.15, -0.1) is 0 Å². The Kier molecular flexibility index (Phi) is 3.32. The van der Waals surface area contributed by atoms with E-state index in [2.05, 4.69) is 4.74 Å². The molecule has 7 heteroatoms. The van der Waals surface area contributed by atoms with E-state index >= 15 is 0 Å². The number of ether oxygens (including phenoxy) is 1. The van der Waals surface area contributed by atoms with Crippen LogP contribution in [0.25, 0.3) is 0 Å². The fourth-order valence-corrected chi connectivity index (χ4v) is 1.39. The summed E-state index contributed by atoms with van der Waals surface area (Å²) in [5.74, 6) is -1.36. The van der Waals surface area contributed by atoms with E-state index in [9.17, 15) is 18.0 Å². The van der Waals surface area contributed by atoms with Gasteiger partial charge in [0, 0.05) is 0 Å². The lowest BCUT2D eigenvalue weighted by molar-refractivity contribution is -0.138. The van der Waals surface area contributed by atoms with Gasteiger partial charge in [-0.3, -0.25) is 4.79 Å². The molecule has 3 nitrogen and oxygen atoms in total. The SMILES string of the molecule is COc1cc(C(F)(F)F)c(C(N)=O)cc1Cl.